The molecule has 0 fully saturated rings. The molecule has 0 radical (unpaired) electrons. The van der Waals surface area contributed by atoms with Crippen LogP contribution in [0, 0.1) is 0 Å². The lowest BCUT2D eigenvalue weighted by molar-refractivity contribution is 0.0997. The number of nitrogens with zero attached hydrogens (tertiary/aromatic N) is 2. The maximum absolute atomic E-state index is 12.6. The summed E-state index contributed by atoms with van der Waals surface area (Å²) in [5.74, 6) is -0.337. The predicted octanol–water partition coefficient (Wildman–Crippen LogP) is 4.14. The third-order valence-corrected chi connectivity index (χ3v) is 5.24. The number of hydrogen-bond acceptors (Lipinski definition) is 6. The lowest BCUT2D eigenvalue weighted by Gasteiger charge is -2.10. The van der Waals surface area contributed by atoms with E-state index in [9.17, 15) is 9.59 Å². The first-order chi connectivity index (χ1) is 15.1. The van der Waals surface area contributed by atoms with Crippen LogP contribution >= 0.6 is 11.3 Å². The molecule has 154 valence electrons. The molecule has 31 heavy (non-hydrogen) atoms. The Bertz CT molecular complexity index is 1210. The zero-order chi connectivity index (χ0) is 21.6. The van der Waals surface area contributed by atoms with E-state index in [2.05, 4.69) is 15.3 Å². The number of aromatic nitrogens is 2. The second kappa shape index (κ2) is 9.19. The summed E-state index contributed by atoms with van der Waals surface area (Å²) < 4.78 is 5.69. The molecule has 2 aromatic heterocycles. The molecule has 0 aliphatic rings. The van der Waals surface area contributed by atoms with E-state index < -0.39 is 5.91 Å². The van der Waals surface area contributed by atoms with Crippen molar-refractivity contribution in [2.24, 2.45) is 5.73 Å². The van der Waals surface area contributed by atoms with Crippen molar-refractivity contribution in [1.29, 1.82) is 0 Å². The number of carbonyl (C=O) groups is 2. The van der Waals surface area contributed by atoms with Crippen molar-refractivity contribution in [3.05, 3.63) is 95.3 Å². The quantitative estimate of drug-likeness (QED) is 0.458. The van der Waals surface area contributed by atoms with Crippen molar-refractivity contribution in [3.8, 4) is 16.3 Å². The van der Waals surface area contributed by atoms with E-state index in [0.29, 0.717) is 17.0 Å². The van der Waals surface area contributed by atoms with Crippen molar-refractivity contribution in [2.75, 3.05) is 5.32 Å². The fourth-order valence-electron chi connectivity index (χ4n) is 2.87. The number of rotatable bonds is 7. The van der Waals surface area contributed by atoms with E-state index in [1.54, 1.807) is 35.7 Å². The highest BCUT2D eigenvalue weighted by molar-refractivity contribution is 7.13. The van der Waals surface area contributed by atoms with Gasteiger partial charge in [-0.15, -0.1) is 11.3 Å². The molecular formula is C23H18N4O3S. The lowest BCUT2D eigenvalue weighted by Crippen LogP contribution is -2.12. The summed E-state index contributed by atoms with van der Waals surface area (Å²) in [6.07, 6.45) is 4.64. The second-order valence-corrected chi connectivity index (χ2v) is 7.53. The Balaban J connectivity index is 1.39. The highest BCUT2D eigenvalue weighted by Gasteiger charge is 2.09. The fourth-order valence-corrected chi connectivity index (χ4v) is 3.52. The number of benzene rings is 2. The molecule has 0 spiro atoms. The van der Waals surface area contributed by atoms with Gasteiger partial charge in [0.1, 0.15) is 17.4 Å². The van der Waals surface area contributed by atoms with Gasteiger partial charge in [-0.2, -0.15) is 0 Å². The van der Waals surface area contributed by atoms with E-state index in [1.807, 2.05) is 35.7 Å². The van der Waals surface area contributed by atoms with Crippen molar-refractivity contribution in [1.82, 2.24) is 9.97 Å². The van der Waals surface area contributed by atoms with Crippen LogP contribution in [0.1, 0.15) is 26.3 Å². The summed E-state index contributed by atoms with van der Waals surface area (Å²) in [7, 11) is 0. The van der Waals surface area contributed by atoms with Gasteiger partial charge >= 0.3 is 0 Å². The Morgan fingerprint density at radius 1 is 1.03 bits per heavy atom. The third-order valence-electron chi connectivity index (χ3n) is 4.41. The van der Waals surface area contributed by atoms with E-state index >= 15 is 0 Å². The molecule has 0 bridgehead atoms. The first-order valence-electron chi connectivity index (χ1n) is 9.36. The molecule has 2 heterocycles. The topological polar surface area (TPSA) is 107 Å². The number of amides is 2. The SMILES string of the molecule is NC(=O)c1cncc(OCc2cccc(NC(=O)c3ccc(-c4nccs4)cc3)c2)c1. The van der Waals surface area contributed by atoms with Gasteiger partial charge in [0.15, 0.2) is 0 Å². The van der Waals surface area contributed by atoms with Crippen molar-refractivity contribution >= 4 is 28.8 Å². The number of carbonyl (C=O) groups excluding carboxylic acids is 2. The number of thiazole rings is 1. The molecule has 2 aromatic carbocycles. The van der Waals surface area contributed by atoms with Crippen LogP contribution in [0.15, 0.2) is 78.6 Å². The maximum Gasteiger partial charge on any atom is 0.255 e. The summed E-state index contributed by atoms with van der Waals surface area (Å²) in [6, 6.07) is 16.2. The zero-order valence-corrected chi connectivity index (χ0v) is 17.1. The van der Waals surface area contributed by atoms with E-state index in [4.69, 9.17) is 10.5 Å². The minimum Gasteiger partial charge on any atom is -0.487 e. The van der Waals surface area contributed by atoms with Gasteiger partial charge in [-0.25, -0.2) is 4.98 Å². The number of pyridine rings is 1. The molecule has 7 nitrogen and oxygen atoms in total. The minimum atomic E-state index is -0.567. The predicted molar refractivity (Wildman–Crippen MR) is 119 cm³/mol. The molecule has 0 saturated heterocycles. The third kappa shape index (κ3) is 5.12. The number of primary amides is 1. The van der Waals surface area contributed by atoms with Crippen molar-refractivity contribution in [2.45, 2.75) is 6.61 Å². The molecule has 0 aliphatic heterocycles. The van der Waals surface area contributed by atoms with Crippen molar-refractivity contribution < 1.29 is 14.3 Å². The van der Waals surface area contributed by atoms with E-state index in [1.165, 1.54) is 18.5 Å². The molecule has 2 amide bonds. The molecule has 0 saturated carbocycles. The highest BCUT2D eigenvalue weighted by atomic mass is 32.1. The number of nitrogens with one attached hydrogen (secondary N) is 1. The van der Waals surface area contributed by atoms with E-state index in [0.717, 1.165) is 16.1 Å². The standard InChI is InChI=1S/C23H18N4O3S/c24-21(28)18-11-20(13-25-12-18)30-14-15-2-1-3-19(10-15)27-22(29)16-4-6-17(7-5-16)23-26-8-9-31-23/h1-13H,14H2,(H2,24,28)(H,27,29). The maximum atomic E-state index is 12.6. The Labute approximate surface area is 182 Å². The van der Waals surface area contributed by atoms with E-state index in [-0.39, 0.29) is 18.1 Å². The van der Waals surface area contributed by atoms with Gasteiger partial charge in [-0.05, 0) is 35.9 Å². The summed E-state index contributed by atoms with van der Waals surface area (Å²) in [5, 5.41) is 5.72. The second-order valence-electron chi connectivity index (χ2n) is 6.63. The average molecular weight is 430 g/mol. The molecule has 8 heteroatoms. The Morgan fingerprint density at radius 2 is 1.87 bits per heavy atom. The van der Waals surface area contributed by atoms with Crippen LogP contribution in [0.25, 0.3) is 10.6 Å². The molecule has 3 N–H and O–H groups in total. The summed E-state index contributed by atoms with van der Waals surface area (Å²) in [6.45, 7) is 0.246. The minimum absolute atomic E-state index is 0.206. The Hall–Kier alpha value is -4.04. The monoisotopic (exact) mass is 430 g/mol. The molecule has 4 rings (SSSR count). The molecule has 0 atom stereocenters. The number of anilines is 1. The van der Waals surface area contributed by atoms with Crippen molar-refractivity contribution in [3.63, 3.8) is 0 Å². The van der Waals surface area contributed by atoms with Crippen LogP contribution < -0.4 is 15.8 Å². The lowest BCUT2D eigenvalue weighted by atomic mass is 10.1. The van der Waals surface area contributed by atoms with Gasteiger partial charge in [0.05, 0.1) is 11.8 Å². The van der Waals surface area contributed by atoms with Gasteiger partial charge in [0.2, 0.25) is 5.91 Å². The molecule has 4 aromatic rings. The average Bonchev–Trinajstić information content (AvgIpc) is 3.33. The fraction of sp³-hybridized carbons (Fsp3) is 0.0435. The molecule has 0 aliphatic carbocycles. The summed E-state index contributed by atoms with van der Waals surface area (Å²) in [5.41, 5.74) is 8.56. The van der Waals surface area contributed by atoms with Crippen LogP contribution in [0.2, 0.25) is 0 Å². The molecule has 0 unspecified atom stereocenters. The Morgan fingerprint density at radius 3 is 2.61 bits per heavy atom. The first-order valence-corrected chi connectivity index (χ1v) is 10.2. The van der Waals surface area contributed by atoms with Gasteiger partial charge in [-0.1, -0.05) is 24.3 Å². The van der Waals surface area contributed by atoms with Crippen LogP contribution in [0.3, 0.4) is 0 Å². The number of nitrogens with two attached hydrogens (primary N) is 1. The van der Waals surface area contributed by atoms with Crippen LogP contribution in [0.5, 0.6) is 5.75 Å². The van der Waals surface area contributed by atoms with Crippen LogP contribution in [0.4, 0.5) is 5.69 Å². The highest BCUT2D eigenvalue weighted by Crippen LogP contribution is 2.22. The van der Waals surface area contributed by atoms with Crippen LogP contribution in [-0.2, 0) is 6.61 Å². The van der Waals surface area contributed by atoms with Gasteiger partial charge in [-0.3, -0.25) is 14.6 Å². The van der Waals surface area contributed by atoms with Gasteiger partial charge in [0.25, 0.3) is 5.91 Å². The number of hydrogen-bond donors (Lipinski definition) is 2. The largest absolute Gasteiger partial charge is 0.487 e. The normalized spacial score (nSPS) is 10.5. The van der Waals surface area contributed by atoms with Gasteiger partial charge in [0, 0.05) is 34.6 Å². The Kier molecular flexibility index (Phi) is 6.00. The number of ether oxygens (including phenoxy) is 1. The van der Waals surface area contributed by atoms with Crippen LogP contribution in [-0.4, -0.2) is 21.8 Å². The molecular weight excluding hydrogens is 412 g/mol. The van der Waals surface area contributed by atoms with Gasteiger partial charge < -0.3 is 15.8 Å². The summed E-state index contributed by atoms with van der Waals surface area (Å²) >= 11 is 1.55. The smallest absolute Gasteiger partial charge is 0.255 e. The summed E-state index contributed by atoms with van der Waals surface area (Å²) in [4.78, 5) is 32.1. The zero-order valence-electron chi connectivity index (χ0n) is 16.3. The first kappa shape index (κ1) is 20.2.